The maximum Gasteiger partial charge on any atom is 0.0312 e. The van der Waals surface area contributed by atoms with Crippen LogP contribution in [0.25, 0.3) is 0 Å². The summed E-state index contributed by atoms with van der Waals surface area (Å²) in [6, 6.07) is 4.84. The Kier molecular flexibility index (Phi) is 4.58. The summed E-state index contributed by atoms with van der Waals surface area (Å²) in [5, 5.41) is 3.67. The van der Waals surface area contributed by atoms with Crippen LogP contribution in [-0.4, -0.2) is 34.6 Å². The van der Waals surface area contributed by atoms with E-state index in [1.54, 1.807) is 0 Å². The third kappa shape index (κ3) is 4.29. The SMILES string of the molecule is CC(C)CC1CNC(C)(C)CN1Cc1cccnc1. The van der Waals surface area contributed by atoms with Crippen molar-refractivity contribution in [2.24, 2.45) is 5.92 Å². The molecule has 3 heteroatoms. The van der Waals surface area contributed by atoms with Crippen molar-refractivity contribution in [3.8, 4) is 0 Å². The Balaban J connectivity index is 2.07. The molecule has 1 fully saturated rings. The zero-order chi connectivity index (χ0) is 13.9. The highest BCUT2D eigenvalue weighted by Gasteiger charge is 2.32. The van der Waals surface area contributed by atoms with Crippen LogP contribution in [0.1, 0.15) is 39.7 Å². The summed E-state index contributed by atoms with van der Waals surface area (Å²) >= 11 is 0. The van der Waals surface area contributed by atoms with Crippen LogP contribution in [-0.2, 0) is 6.54 Å². The highest BCUT2D eigenvalue weighted by Crippen LogP contribution is 2.22. The third-order valence-electron chi connectivity index (χ3n) is 3.78. The number of piperazine rings is 1. The quantitative estimate of drug-likeness (QED) is 0.903. The summed E-state index contributed by atoms with van der Waals surface area (Å²) < 4.78 is 0. The molecule has 0 bridgehead atoms. The average Bonchev–Trinajstić information content (AvgIpc) is 2.33. The van der Waals surface area contributed by atoms with E-state index in [9.17, 15) is 0 Å². The molecule has 1 saturated heterocycles. The van der Waals surface area contributed by atoms with Gasteiger partial charge in [0.05, 0.1) is 0 Å². The highest BCUT2D eigenvalue weighted by atomic mass is 15.2. The van der Waals surface area contributed by atoms with Gasteiger partial charge in [-0.1, -0.05) is 19.9 Å². The summed E-state index contributed by atoms with van der Waals surface area (Å²) in [7, 11) is 0. The van der Waals surface area contributed by atoms with Crippen molar-refractivity contribution >= 4 is 0 Å². The molecule has 0 aliphatic carbocycles. The molecular weight excluding hydrogens is 234 g/mol. The van der Waals surface area contributed by atoms with Gasteiger partial charge < -0.3 is 5.32 Å². The van der Waals surface area contributed by atoms with E-state index in [4.69, 9.17) is 0 Å². The Bertz CT molecular complexity index is 386. The Hall–Kier alpha value is -0.930. The molecule has 106 valence electrons. The van der Waals surface area contributed by atoms with Crippen molar-refractivity contribution in [3.05, 3.63) is 30.1 Å². The van der Waals surface area contributed by atoms with E-state index in [0.717, 1.165) is 25.6 Å². The van der Waals surface area contributed by atoms with Crippen molar-refractivity contribution in [3.63, 3.8) is 0 Å². The zero-order valence-electron chi connectivity index (χ0n) is 12.7. The van der Waals surface area contributed by atoms with Gasteiger partial charge in [0.1, 0.15) is 0 Å². The Morgan fingerprint density at radius 2 is 2.26 bits per heavy atom. The van der Waals surface area contributed by atoms with Crippen molar-refractivity contribution < 1.29 is 0 Å². The summed E-state index contributed by atoms with van der Waals surface area (Å²) in [6.07, 6.45) is 5.08. The monoisotopic (exact) mass is 261 g/mol. The van der Waals surface area contributed by atoms with Crippen molar-refractivity contribution in [2.75, 3.05) is 13.1 Å². The van der Waals surface area contributed by atoms with Gasteiger partial charge in [0, 0.05) is 43.6 Å². The Morgan fingerprint density at radius 1 is 1.47 bits per heavy atom. The maximum absolute atomic E-state index is 4.23. The van der Waals surface area contributed by atoms with E-state index in [2.05, 4.69) is 49.0 Å². The van der Waals surface area contributed by atoms with Crippen molar-refractivity contribution in [2.45, 2.75) is 52.2 Å². The Morgan fingerprint density at radius 3 is 2.89 bits per heavy atom. The largest absolute Gasteiger partial charge is 0.309 e. The van der Waals surface area contributed by atoms with E-state index in [-0.39, 0.29) is 5.54 Å². The molecule has 1 aliphatic heterocycles. The number of nitrogens with zero attached hydrogens (tertiary/aromatic N) is 2. The molecule has 3 nitrogen and oxygen atoms in total. The first kappa shape index (κ1) is 14.5. The zero-order valence-corrected chi connectivity index (χ0v) is 12.7. The van der Waals surface area contributed by atoms with Crippen LogP contribution in [0.5, 0.6) is 0 Å². The highest BCUT2D eigenvalue weighted by molar-refractivity contribution is 5.09. The average molecular weight is 261 g/mol. The predicted octanol–water partition coefficient (Wildman–Crippen LogP) is 2.68. The third-order valence-corrected chi connectivity index (χ3v) is 3.78. The first-order chi connectivity index (χ1) is 8.96. The van der Waals surface area contributed by atoms with Gasteiger partial charge in [-0.05, 0) is 37.8 Å². The molecule has 1 aliphatic rings. The molecule has 0 aromatic carbocycles. The summed E-state index contributed by atoms with van der Waals surface area (Å²) in [6.45, 7) is 12.4. The lowest BCUT2D eigenvalue weighted by molar-refractivity contribution is 0.0759. The van der Waals surface area contributed by atoms with E-state index >= 15 is 0 Å². The molecule has 19 heavy (non-hydrogen) atoms. The number of aromatic nitrogens is 1. The van der Waals surface area contributed by atoms with Gasteiger partial charge in [0.2, 0.25) is 0 Å². The normalized spacial score (nSPS) is 23.7. The topological polar surface area (TPSA) is 28.2 Å². The van der Waals surface area contributed by atoms with Gasteiger partial charge in [-0.15, -0.1) is 0 Å². The second-order valence-corrected chi connectivity index (χ2v) is 6.81. The van der Waals surface area contributed by atoms with Crippen LogP contribution in [0.3, 0.4) is 0 Å². The second kappa shape index (κ2) is 6.02. The van der Waals surface area contributed by atoms with Gasteiger partial charge in [0.25, 0.3) is 0 Å². The Labute approximate surface area is 117 Å². The smallest absolute Gasteiger partial charge is 0.0312 e. The van der Waals surface area contributed by atoms with E-state index in [0.29, 0.717) is 6.04 Å². The van der Waals surface area contributed by atoms with Crippen LogP contribution >= 0.6 is 0 Å². The van der Waals surface area contributed by atoms with Crippen LogP contribution in [0.15, 0.2) is 24.5 Å². The molecule has 0 saturated carbocycles. The van der Waals surface area contributed by atoms with E-state index in [1.165, 1.54) is 12.0 Å². The first-order valence-corrected chi connectivity index (χ1v) is 7.34. The molecule has 2 heterocycles. The molecule has 1 atom stereocenters. The number of nitrogens with one attached hydrogen (secondary N) is 1. The summed E-state index contributed by atoms with van der Waals surface area (Å²) in [4.78, 5) is 6.85. The minimum Gasteiger partial charge on any atom is -0.309 e. The lowest BCUT2D eigenvalue weighted by Gasteiger charge is -2.45. The van der Waals surface area contributed by atoms with Crippen LogP contribution in [0, 0.1) is 5.92 Å². The molecule has 0 amide bonds. The van der Waals surface area contributed by atoms with Crippen LogP contribution < -0.4 is 5.32 Å². The van der Waals surface area contributed by atoms with Gasteiger partial charge >= 0.3 is 0 Å². The van der Waals surface area contributed by atoms with Gasteiger partial charge in [-0.3, -0.25) is 9.88 Å². The van der Waals surface area contributed by atoms with Crippen molar-refractivity contribution in [1.29, 1.82) is 0 Å². The fourth-order valence-corrected chi connectivity index (χ4v) is 2.90. The number of hydrogen-bond acceptors (Lipinski definition) is 3. The van der Waals surface area contributed by atoms with Gasteiger partial charge in [0.15, 0.2) is 0 Å². The summed E-state index contributed by atoms with van der Waals surface area (Å²) in [5.41, 5.74) is 1.52. The second-order valence-electron chi connectivity index (χ2n) is 6.81. The fraction of sp³-hybridized carbons (Fsp3) is 0.688. The van der Waals surface area contributed by atoms with Gasteiger partial charge in [-0.25, -0.2) is 0 Å². The number of hydrogen-bond donors (Lipinski definition) is 1. The lowest BCUT2D eigenvalue weighted by atomic mass is 9.93. The number of pyridine rings is 1. The molecular formula is C16H27N3. The van der Waals surface area contributed by atoms with E-state index in [1.807, 2.05) is 18.5 Å². The minimum atomic E-state index is 0.204. The maximum atomic E-state index is 4.23. The summed E-state index contributed by atoms with van der Waals surface area (Å²) in [5.74, 6) is 0.740. The van der Waals surface area contributed by atoms with Gasteiger partial charge in [-0.2, -0.15) is 0 Å². The molecule has 0 spiro atoms. The molecule has 1 aromatic rings. The molecule has 0 radical (unpaired) electrons. The van der Waals surface area contributed by atoms with E-state index < -0.39 is 0 Å². The van der Waals surface area contributed by atoms with Crippen molar-refractivity contribution in [1.82, 2.24) is 15.2 Å². The molecule has 1 unspecified atom stereocenters. The van der Waals surface area contributed by atoms with Crippen LogP contribution in [0.4, 0.5) is 0 Å². The first-order valence-electron chi connectivity index (χ1n) is 7.34. The minimum absolute atomic E-state index is 0.204. The lowest BCUT2D eigenvalue weighted by Crippen LogP contribution is -2.61. The van der Waals surface area contributed by atoms with Crippen LogP contribution in [0.2, 0.25) is 0 Å². The number of rotatable bonds is 4. The fourth-order valence-electron chi connectivity index (χ4n) is 2.90. The molecule has 1 aromatic heterocycles. The molecule has 2 rings (SSSR count). The standard InChI is InChI=1S/C16H27N3/c1-13(2)8-15-10-18-16(3,4)12-19(15)11-14-6-5-7-17-9-14/h5-7,9,13,15,18H,8,10-12H2,1-4H3. The predicted molar refractivity (Wildman–Crippen MR) is 80.0 cm³/mol. The molecule has 1 N–H and O–H groups in total.